The second-order valence-corrected chi connectivity index (χ2v) is 9.02. The normalized spacial score (nSPS) is 10.9. The molecule has 4 rings (SSSR count). The van der Waals surface area contributed by atoms with Crippen LogP contribution in [-0.2, 0) is 0 Å². The lowest BCUT2D eigenvalue weighted by Gasteiger charge is -2.13. The number of carbonyl (C=O) groups is 1. The minimum atomic E-state index is -0.301. The summed E-state index contributed by atoms with van der Waals surface area (Å²) in [5.41, 5.74) is 8.16. The third-order valence-corrected chi connectivity index (χ3v) is 6.18. The zero-order valence-corrected chi connectivity index (χ0v) is 22.4. The van der Waals surface area contributed by atoms with Gasteiger partial charge in [-0.25, -0.2) is 5.43 Å². The van der Waals surface area contributed by atoms with Gasteiger partial charge in [-0.15, -0.1) is 0 Å². The van der Waals surface area contributed by atoms with Gasteiger partial charge in [0.1, 0.15) is 6.61 Å². The molecule has 1 aromatic heterocycles. The number of nitrogens with zero attached hydrogens (tertiary/aromatic N) is 2. The van der Waals surface area contributed by atoms with E-state index in [0.29, 0.717) is 30.3 Å². The molecule has 1 heterocycles. The van der Waals surface area contributed by atoms with E-state index in [1.54, 1.807) is 30.5 Å². The summed E-state index contributed by atoms with van der Waals surface area (Å²) in [5.74, 6) is 0.874. The summed E-state index contributed by atoms with van der Waals surface area (Å²) < 4.78 is 14.3. The molecule has 0 saturated carbocycles. The topological polar surface area (TPSA) is 64.8 Å². The van der Waals surface area contributed by atoms with Crippen LogP contribution in [-0.4, -0.2) is 29.9 Å². The van der Waals surface area contributed by atoms with Gasteiger partial charge in [-0.2, -0.15) is 5.10 Å². The Hall–Kier alpha value is -4.10. The molecule has 0 aliphatic carbocycles. The van der Waals surface area contributed by atoms with Crippen LogP contribution in [0.2, 0.25) is 0 Å². The number of aryl methyl sites for hydroxylation is 1. The maximum absolute atomic E-state index is 12.7. The third kappa shape index (κ3) is 6.19. The summed E-state index contributed by atoms with van der Waals surface area (Å²) in [7, 11) is 0. The predicted molar refractivity (Wildman–Crippen MR) is 152 cm³/mol. The fourth-order valence-corrected chi connectivity index (χ4v) is 4.49. The Kier molecular flexibility index (Phi) is 8.59. The Morgan fingerprint density at radius 1 is 1.05 bits per heavy atom. The quantitative estimate of drug-likeness (QED) is 0.130. The first kappa shape index (κ1) is 26.0. The fraction of sp³-hybridized carbons (Fsp3) is 0.133. The van der Waals surface area contributed by atoms with E-state index in [-0.39, 0.29) is 5.91 Å². The summed E-state index contributed by atoms with van der Waals surface area (Å²) in [6.07, 6.45) is 3.23. The van der Waals surface area contributed by atoms with E-state index < -0.39 is 0 Å². The zero-order chi connectivity index (χ0) is 26.2. The second kappa shape index (κ2) is 12.2. The van der Waals surface area contributed by atoms with Gasteiger partial charge in [0.2, 0.25) is 0 Å². The third-order valence-electron chi connectivity index (χ3n) is 5.59. The Morgan fingerprint density at radius 3 is 2.51 bits per heavy atom. The van der Waals surface area contributed by atoms with Crippen LogP contribution in [0.4, 0.5) is 0 Å². The van der Waals surface area contributed by atoms with Gasteiger partial charge in [0.15, 0.2) is 11.5 Å². The van der Waals surface area contributed by atoms with Gasteiger partial charge in [0.25, 0.3) is 5.91 Å². The number of hydrogen-bond donors (Lipinski definition) is 1. The van der Waals surface area contributed by atoms with E-state index in [0.717, 1.165) is 32.7 Å². The molecule has 0 unspecified atom stereocenters. The van der Waals surface area contributed by atoms with Gasteiger partial charge < -0.3 is 14.0 Å². The molecule has 37 heavy (non-hydrogen) atoms. The van der Waals surface area contributed by atoms with Gasteiger partial charge >= 0.3 is 0 Å². The van der Waals surface area contributed by atoms with E-state index in [9.17, 15) is 4.79 Å². The Bertz CT molecular complexity index is 1410. The lowest BCUT2D eigenvalue weighted by atomic mass is 10.1. The molecule has 188 valence electrons. The monoisotopic (exact) mass is 557 g/mol. The average Bonchev–Trinajstić information content (AvgIpc) is 3.30. The van der Waals surface area contributed by atoms with Crippen molar-refractivity contribution < 1.29 is 14.3 Å². The molecule has 7 heteroatoms. The van der Waals surface area contributed by atoms with Crippen LogP contribution in [0.1, 0.15) is 28.5 Å². The summed E-state index contributed by atoms with van der Waals surface area (Å²) in [6, 6.07) is 25.5. The number of amides is 1. The first-order valence-corrected chi connectivity index (χ1v) is 12.7. The van der Waals surface area contributed by atoms with Gasteiger partial charge in [-0.05, 0) is 89.4 Å². The molecule has 3 aromatic carbocycles. The number of benzene rings is 3. The first-order valence-electron chi connectivity index (χ1n) is 11.9. The van der Waals surface area contributed by atoms with Crippen molar-refractivity contribution in [2.45, 2.75) is 13.8 Å². The van der Waals surface area contributed by atoms with E-state index in [1.165, 1.54) is 0 Å². The van der Waals surface area contributed by atoms with Gasteiger partial charge in [-0.1, -0.05) is 43.0 Å². The van der Waals surface area contributed by atoms with Gasteiger partial charge in [-0.3, -0.25) is 4.79 Å². The molecule has 6 nitrogen and oxygen atoms in total. The number of aromatic nitrogens is 1. The molecule has 1 N–H and O–H groups in total. The Balaban J connectivity index is 1.47. The molecule has 0 spiro atoms. The molecule has 0 bridgehead atoms. The fourth-order valence-electron chi connectivity index (χ4n) is 3.92. The highest BCUT2D eigenvalue weighted by atomic mass is 79.9. The highest BCUT2D eigenvalue weighted by Gasteiger charge is 2.13. The van der Waals surface area contributed by atoms with Crippen molar-refractivity contribution >= 4 is 28.1 Å². The largest absolute Gasteiger partial charge is 0.490 e. The van der Waals surface area contributed by atoms with E-state index in [2.05, 4.69) is 68.8 Å². The molecule has 0 aliphatic rings. The minimum Gasteiger partial charge on any atom is -0.490 e. The maximum Gasteiger partial charge on any atom is 0.271 e. The molecule has 1 amide bonds. The second-order valence-electron chi connectivity index (χ2n) is 8.17. The number of halogens is 1. The van der Waals surface area contributed by atoms with Crippen LogP contribution < -0.4 is 14.9 Å². The highest BCUT2D eigenvalue weighted by molar-refractivity contribution is 9.10. The van der Waals surface area contributed by atoms with Crippen LogP contribution in [0.3, 0.4) is 0 Å². The number of nitrogens with one attached hydrogen (secondary N) is 1. The molecular weight excluding hydrogens is 530 g/mol. The van der Waals surface area contributed by atoms with Crippen molar-refractivity contribution in [1.29, 1.82) is 0 Å². The lowest BCUT2D eigenvalue weighted by molar-refractivity contribution is 0.0955. The number of hydrogen-bond acceptors (Lipinski definition) is 4. The van der Waals surface area contributed by atoms with Crippen molar-refractivity contribution in [3.05, 3.63) is 113 Å². The number of carbonyl (C=O) groups excluding carboxylic acids is 1. The van der Waals surface area contributed by atoms with Crippen LogP contribution in [0.15, 0.2) is 101 Å². The molecule has 0 atom stereocenters. The minimum absolute atomic E-state index is 0.301. The number of hydrazone groups is 1. The molecule has 0 aliphatic heterocycles. The van der Waals surface area contributed by atoms with Crippen molar-refractivity contribution in [2.24, 2.45) is 5.10 Å². The summed E-state index contributed by atoms with van der Waals surface area (Å²) >= 11 is 3.51. The number of rotatable bonds is 10. The van der Waals surface area contributed by atoms with Crippen LogP contribution in [0.25, 0.3) is 16.9 Å². The van der Waals surface area contributed by atoms with Crippen LogP contribution in [0, 0.1) is 6.92 Å². The lowest BCUT2D eigenvalue weighted by Crippen LogP contribution is -2.17. The first-order chi connectivity index (χ1) is 18.0. The predicted octanol–water partition coefficient (Wildman–Crippen LogP) is 6.94. The van der Waals surface area contributed by atoms with E-state index in [4.69, 9.17) is 9.47 Å². The smallest absolute Gasteiger partial charge is 0.271 e. The van der Waals surface area contributed by atoms with Gasteiger partial charge in [0, 0.05) is 16.9 Å². The van der Waals surface area contributed by atoms with E-state index in [1.807, 2.05) is 43.3 Å². The molecular formula is C30H28BrN3O3. The molecule has 0 fully saturated rings. The van der Waals surface area contributed by atoms with Crippen LogP contribution in [0.5, 0.6) is 11.5 Å². The molecule has 0 saturated heterocycles. The van der Waals surface area contributed by atoms with Crippen LogP contribution >= 0.6 is 15.9 Å². The van der Waals surface area contributed by atoms with Crippen molar-refractivity contribution in [3.63, 3.8) is 0 Å². The zero-order valence-electron chi connectivity index (χ0n) is 20.8. The van der Waals surface area contributed by atoms with Gasteiger partial charge in [0.05, 0.1) is 23.0 Å². The van der Waals surface area contributed by atoms with Crippen molar-refractivity contribution in [3.8, 4) is 28.4 Å². The summed E-state index contributed by atoms with van der Waals surface area (Å²) in [4.78, 5) is 12.7. The summed E-state index contributed by atoms with van der Waals surface area (Å²) in [6.45, 7) is 8.48. The Labute approximate surface area is 225 Å². The molecule has 4 aromatic rings. The average molecular weight is 558 g/mol. The Morgan fingerprint density at radius 2 is 1.81 bits per heavy atom. The highest BCUT2D eigenvalue weighted by Crippen LogP contribution is 2.36. The SMILES string of the molecule is C=CCOc1c(Br)cc(/C=N/NC(=O)c2ccc(-n3c(C)ccc3-c3ccccc3)cc2)cc1OCC. The maximum atomic E-state index is 12.7. The number of ether oxygens (including phenoxy) is 2. The van der Waals surface area contributed by atoms with E-state index >= 15 is 0 Å². The molecule has 0 radical (unpaired) electrons. The summed E-state index contributed by atoms with van der Waals surface area (Å²) in [5, 5.41) is 4.13. The standard InChI is InChI=1S/C30H28BrN3O3/c1-4-17-37-29-26(31)18-22(19-28(29)36-5-2)20-32-33-30(35)24-12-14-25(15-13-24)34-21(3)11-16-27(34)23-9-7-6-8-10-23/h4,6-16,18-20H,1,5,17H2,2-3H3,(H,33,35)/b32-20+. The van der Waals surface area contributed by atoms with Crippen molar-refractivity contribution in [2.75, 3.05) is 13.2 Å². The van der Waals surface area contributed by atoms with Crippen molar-refractivity contribution in [1.82, 2.24) is 9.99 Å².